The molecular formula is C14H21ClN2O2. The molecule has 0 bridgehead atoms. The number of benzene rings is 1. The summed E-state index contributed by atoms with van der Waals surface area (Å²) in [5, 5.41) is 4.88. The molecule has 106 valence electrons. The van der Waals surface area contributed by atoms with E-state index in [4.69, 9.17) is 26.9 Å². The third-order valence-corrected chi connectivity index (χ3v) is 2.83. The molecule has 5 heteroatoms. The molecule has 0 aliphatic rings. The van der Waals surface area contributed by atoms with Gasteiger partial charge in [-0.25, -0.2) is 0 Å². The van der Waals surface area contributed by atoms with Crippen molar-refractivity contribution >= 4 is 17.3 Å². The van der Waals surface area contributed by atoms with Gasteiger partial charge >= 0.3 is 0 Å². The van der Waals surface area contributed by atoms with Crippen LogP contribution in [0, 0.1) is 0 Å². The average Bonchev–Trinajstić information content (AvgIpc) is 2.43. The Bertz CT molecular complexity index is 380. The summed E-state index contributed by atoms with van der Waals surface area (Å²) in [5.74, 6) is 0. The Hall–Kier alpha value is -1.10. The molecule has 0 unspecified atom stereocenters. The zero-order chi connectivity index (χ0) is 13.9. The first-order valence-electron chi connectivity index (χ1n) is 6.41. The Morgan fingerprint density at radius 2 is 1.95 bits per heavy atom. The molecule has 0 aliphatic heterocycles. The summed E-state index contributed by atoms with van der Waals surface area (Å²) in [6.07, 6.45) is 2.84. The summed E-state index contributed by atoms with van der Waals surface area (Å²) >= 11 is 5.88. The fourth-order valence-electron chi connectivity index (χ4n) is 1.60. The van der Waals surface area contributed by atoms with E-state index in [0.29, 0.717) is 18.2 Å². The molecule has 0 heterocycles. The molecule has 1 aromatic rings. The zero-order valence-electron chi connectivity index (χ0n) is 11.3. The first-order chi connectivity index (χ1) is 9.27. The largest absolute Gasteiger partial charge is 0.394 e. The topological polar surface area (TPSA) is 56.8 Å². The Morgan fingerprint density at radius 3 is 2.58 bits per heavy atom. The molecule has 0 aliphatic carbocycles. The normalized spacial score (nSPS) is 11.6. The number of hydrogen-bond donors (Lipinski definition) is 1. The van der Waals surface area contributed by atoms with Crippen molar-refractivity contribution in [3.8, 4) is 0 Å². The lowest BCUT2D eigenvalue weighted by Crippen LogP contribution is -2.08. The summed E-state index contributed by atoms with van der Waals surface area (Å²) in [5.41, 5.74) is 7.33. The monoisotopic (exact) mass is 284 g/mol. The standard InChI is InChI=1S/C14H21ClN2O2/c1-18-10-3-2-4-14(17-19-11-9-16)12-5-7-13(15)8-6-12/h5-8H,2-4,9-11,16H2,1H3. The van der Waals surface area contributed by atoms with Gasteiger partial charge in [-0.2, -0.15) is 0 Å². The van der Waals surface area contributed by atoms with Crippen LogP contribution in [0.5, 0.6) is 0 Å². The smallest absolute Gasteiger partial charge is 0.129 e. The lowest BCUT2D eigenvalue weighted by atomic mass is 10.1. The van der Waals surface area contributed by atoms with E-state index >= 15 is 0 Å². The van der Waals surface area contributed by atoms with Crippen LogP contribution in [0.25, 0.3) is 0 Å². The van der Waals surface area contributed by atoms with Crippen LogP contribution >= 0.6 is 11.6 Å². The molecule has 0 amide bonds. The Kier molecular flexibility index (Phi) is 8.21. The number of unbranched alkanes of at least 4 members (excludes halogenated alkanes) is 1. The molecule has 1 aromatic carbocycles. The van der Waals surface area contributed by atoms with Crippen molar-refractivity contribution in [3.63, 3.8) is 0 Å². The van der Waals surface area contributed by atoms with Crippen LogP contribution < -0.4 is 5.73 Å². The van der Waals surface area contributed by atoms with Crippen LogP contribution in [0.15, 0.2) is 29.4 Å². The molecule has 19 heavy (non-hydrogen) atoms. The van der Waals surface area contributed by atoms with Crippen molar-refractivity contribution in [2.45, 2.75) is 19.3 Å². The third kappa shape index (κ3) is 6.57. The van der Waals surface area contributed by atoms with E-state index in [9.17, 15) is 0 Å². The molecule has 0 saturated heterocycles. The van der Waals surface area contributed by atoms with Gasteiger partial charge in [-0.3, -0.25) is 0 Å². The molecule has 4 nitrogen and oxygen atoms in total. The van der Waals surface area contributed by atoms with Gasteiger partial charge in [0.2, 0.25) is 0 Å². The molecule has 1 rings (SSSR count). The van der Waals surface area contributed by atoms with Crippen LogP contribution in [0.4, 0.5) is 0 Å². The Labute approximate surface area is 119 Å². The van der Waals surface area contributed by atoms with E-state index in [0.717, 1.165) is 37.1 Å². The SMILES string of the molecule is COCCCCC(=NOCCN)c1ccc(Cl)cc1. The van der Waals surface area contributed by atoms with E-state index in [1.807, 2.05) is 24.3 Å². The first kappa shape index (κ1) is 16.0. The summed E-state index contributed by atoms with van der Waals surface area (Å²) in [7, 11) is 1.71. The Balaban J connectivity index is 2.62. The zero-order valence-corrected chi connectivity index (χ0v) is 12.0. The van der Waals surface area contributed by atoms with Crippen LogP contribution in [0.1, 0.15) is 24.8 Å². The number of halogens is 1. The van der Waals surface area contributed by atoms with E-state index < -0.39 is 0 Å². The summed E-state index contributed by atoms with van der Waals surface area (Å²) in [6, 6.07) is 7.60. The summed E-state index contributed by atoms with van der Waals surface area (Å²) in [6.45, 7) is 1.65. The molecule has 0 saturated carbocycles. The molecule has 0 spiro atoms. The van der Waals surface area contributed by atoms with Crippen molar-refractivity contribution in [2.75, 3.05) is 26.9 Å². The van der Waals surface area contributed by atoms with Gasteiger partial charge in [-0.05, 0) is 37.0 Å². The van der Waals surface area contributed by atoms with Crippen LogP contribution in [0.3, 0.4) is 0 Å². The minimum Gasteiger partial charge on any atom is -0.394 e. The molecular weight excluding hydrogens is 264 g/mol. The number of hydrogen-bond acceptors (Lipinski definition) is 4. The highest BCUT2D eigenvalue weighted by Gasteiger charge is 2.05. The Morgan fingerprint density at radius 1 is 1.21 bits per heavy atom. The predicted molar refractivity (Wildman–Crippen MR) is 78.7 cm³/mol. The quantitative estimate of drug-likeness (QED) is 0.431. The van der Waals surface area contributed by atoms with Crippen LogP contribution in [-0.4, -0.2) is 32.6 Å². The predicted octanol–water partition coefficient (Wildman–Crippen LogP) is 2.84. The van der Waals surface area contributed by atoms with Gasteiger partial charge in [-0.1, -0.05) is 28.9 Å². The second-order valence-corrected chi connectivity index (χ2v) is 4.55. The highest BCUT2D eigenvalue weighted by Crippen LogP contribution is 2.13. The number of ether oxygens (including phenoxy) is 1. The second kappa shape index (κ2) is 9.78. The average molecular weight is 285 g/mol. The fraction of sp³-hybridized carbons (Fsp3) is 0.500. The number of nitrogens with zero attached hydrogens (tertiary/aromatic N) is 1. The van der Waals surface area contributed by atoms with Gasteiger partial charge in [0.1, 0.15) is 6.61 Å². The van der Waals surface area contributed by atoms with Gasteiger partial charge in [0, 0.05) is 25.3 Å². The molecule has 2 N–H and O–H groups in total. The van der Waals surface area contributed by atoms with Gasteiger partial charge in [0.25, 0.3) is 0 Å². The van der Waals surface area contributed by atoms with Crippen molar-refractivity contribution in [2.24, 2.45) is 10.9 Å². The van der Waals surface area contributed by atoms with Gasteiger partial charge < -0.3 is 15.3 Å². The van der Waals surface area contributed by atoms with E-state index in [-0.39, 0.29) is 0 Å². The molecule has 0 aromatic heterocycles. The van der Waals surface area contributed by atoms with Gasteiger partial charge in [-0.15, -0.1) is 0 Å². The minimum absolute atomic E-state index is 0.426. The van der Waals surface area contributed by atoms with Crippen LogP contribution in [-0.2, 0) is 9.57 Å². The lowest BCUT2D eigenvalue weighted by molar-refractivity contribution is 0.151. The lowest BCUT2D eigenvalue weighted by Gasteiger charge is -2.07. The van der Waals surface area contributed by atoms with Gasteiger partial charge in [0.05, 0.1) is 5.71 Å². The molecule has 0 fully saturated rings. The number of nitrogens with two attached hydrogens (primary N) is 1. The maximum Gasteiger partial charge on any atom is 0.129 e. The van der Waals surface area contributed by atoms with Crippen molar-refractivity contribution in [3.05, 3.63) is 34.9 Å². The summed E-state index contributed by atoms with van der Waals surface area (Å²) in [4.78, 5) is 5.19. The third-order valence-electron chi connectivity index (χ3n) is 2.57. The van der Waals surface area contributed by atoms with Crippen LogP contribution in [0.2, 0.25) is 5.02 Å². The van der Waals surface area contributed by atoms with Crippen molar-refractivity contribution in [1.82, 2.24) is 0 Å². The number of oxime groups is 1. The first-order valence-corrected chi connectivity index (χ1v) is 6.79. The van der Waals surface area contributed by atoms with Crippen molar-refractivity contribution in [1.29, 1.82) is 0 Å². The van der Waals surface area contributed by atoms with E-state index in [1.165, 1.54) is 0 Å². The fourth-order valence-corrected chi connectivity index (χ4v) is 1.73. The minimum atomic E-state index is 0.426. The van der Waals surface area contributed by atoms with Gasteiger partial charge in [0.15, 0.2) is 0 Å². The second-order valence-electron chi connectivity index (χ2n) is 4.12. The highest BCUT2D eigenvalue weighted by molar-refractivity contribution is 6.30. The summed E-state index contributed by atoms with van der Waals surface area (Å²) < 4.78 is 5.04. The maximum absolute atomic E-state index is 5.88. The number of rotatable bonds is 9. The van der Waals surface area contributed by atoms with E-state index in [1.54, 1.807) is 7.11 Å². The number of methoxy groups -OCH3 is 1. The maximum atomic E-state index is 5.88. The van der Waals surface area contributed by atoms with E-state index in [2.05, 4.69) is 5.16 Å². The highest BCUT2D eigenvalue weighted by atomic mass is 35.5. The van der Waals surface area contributed by atoms with Crippen molar-refractivity contribution < 1.29 is 9.57 Å². The molecule has 0 atom stereocenters. The molecule has 0 radical (unpaired) electrons.